The standard InChI is InChI=1S/C8H5BrN2O2.C3H6O2/c9-10-4-3-6-1-2-7(11(12)13)5-8(6)10;1-2-5-3-4/h1-5H;3H,2H2,1H3. The van der Waals surface area contributed by atoms with Crippen molar-refractivity contribution in [2.45, 2.75) is 6.92 Å². The number of carbonyl (C=O) groups is 1. The fourth-order valence-corrected chi connectivity index (χ4v) is 1.69. The van der Waals surface area contributed by atoms with Gasteiger partial charge in [0.15, 0.2) is 0 Å². The van der Waals surface area contributed by atoms with E-state index in [0.29, 0.717) is 13.1 Å². The van der Waals surface area contributed by atoms with E-state index in [-0.39, 0.29) is 5.69 Å². The molecule has 1 heterocycles. The highest BCUT2D eigenvalue weighted by Crippen LogP contribution is 2.22. The van der Waals surface area contributed by atoms with Crippen LogP contribution < -0.4 is 0 Å². The SMILES string of the molecule is CCOC=O.O=[N+]([O-])c1ccc2ccn(Br)c2c1. The summed E-state index contributed by atoms with van der Waals surface area (Å²) in [5.41, 5.74) is 0.904. The summed E-state index contributed by atoms with van der Waals surface area (Å²) in [5.74, 6) is 0. The van der Waals surface area contributed by atoms with Gasteiger partial charge in [0.2, 0.25) is 0 Å². The first-order chi connectivity index (χ1) is 8.60. The number of halogens is 1. The number of aromatic nitrogens is 1. The van der Waals surface area contributed by atoms with Crippen molar-refractivity contribution in [3.63, 3.8) is 0 Å². The lowest BCUT2D eigenvalue weighted by molar-refractivity contribution is -0.384. The van der Waals surface area contributed by atoms with Gasteiger partial charge in [-0.25, -0.2) is 0 Å². The van der Waals surface area contributed by atoms with Gasteiger partial charge in [-0.3, -0.25) is 18.5 Å². The van der Waals surface area contributed by atoms with E-state index < -0.39 is 4.92 Å². The van der Waals surface area contributed by atoms with Gasteiger partial charge in [0, 0.05) is 23.7 Å². The molecule has 2 rings (SSSR count). The molecule has 1 aromatic heterocycles. The molecule has 0 aliphatic rings. The fourth-order valence-electron chi connectivity index (χ4n) is 1.27. The van der Waals surface area contributed by atoms with Gasteiger partial charge in [0.25, 0.3) is 12.2 Å². The van der Waals surface area contributed by atoms with Gasteiger partial charge in [0.1, 0.15) is 0 Å². The maximum atomic E-state index is 10.5. The molecular weight excluding hydrogens is 304 g/mol. The molecule has 0 amide bonds. The van der Waals surface area contributed by atoms with Crippen molar-refractivity contribution >= 4 is 39.2 Å². The van der Waals surface area contributed by atoms with Crippen molar-refractivity contribution in [3.05, 3.63) is 40.6 Å². The van der Waals surface area contributed by atoms with Gasteiger partial charge in [-0.15, -0.1) is 0 Å². The first-order valence-electron chi connectivity index (χ1n) is 5.07. The Morgan fingerprint density at radius 2 is 2.22 bits per heavy atom. The molecule has 0 saturated heterocycles. The number of hydrogen-bond donors (Lipinski definition) is 0. The number of fused-ring (bicyclic) bond motifs is 1. The number of rotatable bonds is 3. The van der Waals surface area contributed by atoms with Gasteiger partial charge in [-0.1, -0.05) is 0 Å². The van der Waals surface area contributed by atoms with Crippen LogP contribution in [0.25, 0.3) is 10.9 Å². The number of hydrogen-bond acceptors (Lipinski definition) is 4. The Morgan fingerprint density at radius 1 is 1.50 bits per heavy atom. The second-order valence-corrected chi connectivity index (χ2v) is 3.94. The molecule has 0 radical (unpaired) electrons. The number of non-ortho nitro benzene ring substituents is 1. The summed E-state index contributed by atoms with van der Waals surface area (Å²) in [6.45, 7) is 2.66. The normalized spacial score (nSPS) is 9.44. The number of ether oxygens (including phenoxy) is 1. The summed E-state index contributed by atoms with van der Waals surface area (Å²) in [7, 11) is 0. The predicted octanol–water partition coefficient (Wildman–Crippen LogP) is 2.89. The number of nitro groups is 1. The number of carbonyl (C=O) groups excluding carboxylic acids is 1. The summed E-state index contributed by atoms with van der Waals surface area (Å²) >= 11 is 3.24. The van der Waals surface area contributed by atoms with Gasteiger partial charge in [0.05, 0.1) is 33.2 Å². The van der Waals surface area contributed by atoms with E-state index in [0.717, 1.165) is 10.9 Å². The molecule has 0 saturated carbocycles. The summed E-state index contributed by atoms with van der Waals surface area (Å²) < 4.78 is 5.83. The minimum atomic E-state index is -0.403. The van der Waals surface area contributed by atoms with Crippen molar-refractivity contribution < 1.29 is 14.5 Å². The van der Waals surface area contributed by atoms with Crippen LogP contribution in [0, 0.1) is 10.1 Å². The molecule has 6 nitrogen and oxygen atoms in total. The Morgan fingerprint density at radius 3 is 2.72 bits per heavy atom. The first kappa shape index (κ1) is 14.2. The Hall–Kier alpha value is -1.89. The quantitative estimate of drug-likeness (QED) is 0.496. The lowest BCUT2D eigenvalue weighted by Crippen LogP contribution is -1.87. The largest absolute Gasteiger partial charge is 0.468 e. The zero-order chi connectivity index (χ0) is 13.5. The van der Waals surface area contributed by atoms with Crippen molar-refractivity contribution in [2.75, 3.05) is 6.61 Å². The van der Waals surface area contributed by atoms with Crippen molar-refractivity contribution in [1.29, 1.82) is 0 Å². The zero-order valence-electron chi connectivity index (χ0n) is 9.58. The van der Waals surface area contributed by atoms with E-state index in [1.165, 1.54) is 12.1 Å². The summed E-state index contributed by atoms with van der Waals surface area (Å²) in [4.78, 5) is 19.2. The van der Waals surface area contributed by atoms with Crippen LogP contribution in [0.5, 0.6) is 0 Å². The Labute approximate surface area is 112 Å². The average Bonchev–Trinajstić information content (AvgIpc) is 2.72. The molecule has 0 N–H and O–H groups in total. The van der Waals surface area contributed by atoms with E-state index in [2.05, 4.69) is 20.9 Å². The third kappa shape index (κ3) is 3.56. The van der Waals surface area contributed by atoms with E-state index in [1.54, 1.807) is 22.8 Å². The highest BCUT2D eigenvalue weighted by atomic mass is 79.9. The molecule has 96 valence electrons. The van der Waals surface area contributed by atoms with Crippen LogP contribution in [-0.2, 0) is 9.53 Å². The summed E-state index contributed by atoms with van der Waals surface area (Å²) in [6.07, 6.45) is 1.80. The van der Waals surface area contributed by atoms with Crippen LogP contribution in [0.3, 0.4) is 0 Å². The van der Waals surface area contributed by atoms with E-state index in [4.69, 9.17) is 0 Å². The fraction of sp³-hybridized carbons (Fsp3) is 0.182. The molecule has 0 aliphatic carbocycles. The highest BCUT2D eigenvalue weighted by Gasteiger charge is 2.07. The molecule has 0 aliphatic heterocycles. The van der Waals surface area contributed by atoms with Crippen LogP contribution in [0.15, 0.2) is 30.5 Å². The minimum Gasteiger partial charge on any atom is -0.468 e. The molecule has 0 bridgehead atoms. The molecule has 0 atom stereocenters. The predicted molar refractivity (Wildman–Crippen MR) is 70.6 cm³/mol. The topological polar surface area (TPSA) is 74.4 Å². The van der Waals surface area contributed by atoms with Crippen LogP contribution in [-0.4, -0.2) is 21.6 Å². The molecule has 0 unspecified atom stereocenters. The van der Waals surface area contributed by atoms with Crippen LogP contribution in [0.4, 0.5) is 5.69 Å². The van der Waals surface area contributed by atoms with Crippen molar-refractivity contribution in [2.24, 2.45) is 0 Å². The molecule has 0 fully saturated rings. The van der Waals surface area contributed by atoms with Gasteiger partial charge < -0.3 is 4.74 Å². The second-order valence-electron chi connectivity index (χ2n) is 3.18. The number of nitrogens with zero attached hydrogens (tertiary/aromatic N) is 2. The molecule has 2 aromatic rings. The smallest absolute Gasteiger partial charge is 0.293 e. The molecule has 1 aromatic carbocycles. The first-order valence-corrected chi connectivity index (χ1v) is 5.78. The van der Waals surface area contributed by atoms with Crippen LogP contribution in [0.2, 0.25) is 0 Å². The molecule has 0 spiro atoms. The maximum Gasteiger partial charge on any atom is 0.293 e. The number of benzene rings is 1. The van der Waals surface area contributed by atoms with Crippen LogP contribution >= 0.6 is 16.1 Å². The maximum absolute atomic E-state index is 10.5. The highest BCUT2D eigenvalue weighted by molar-refractivity contribution is 9.08. The average molecular weight is 315 g/mol. The molecular formula is C11H11BrN2O4. The van der Waals surface area contributed by atoms with Gasteiger partial charge >= 0.3 is 0 Å². The lowest BCUT2D eigenvalue weighted by atomic mass is 10.2. The van der Waals surface area contributed by atoms with E-state index in [9.17, 15) is 14.9 Å². The van der Waals surface area contributed by atoms with Crippen molar-refractivity contribution in [1.82, 2.24) is 3.59 Å². The monoisotopic (exact) mass is 314 g/mol. The molecule has 7 heteroatoms. The summed E-state index contributed by atoms with van der Waals surface area (Å²) in [5, 5.41) is 11.4. The van der Waals surface area contributed by atoms with Crippen LogP contribution in [0.1, 0.15) is 6.92 Å². The summed E-state index contributed by atoms with van der Waals surface area (Å²) in [6, 6.07) is 6.64. The van der Waals surface area contributed by atoms with E-state index >= 15 is 0 Å². The molecule has 18 heavy (non-hydrogen) atoms. The lowest BCUT2D eigenvalue weighted by Gasteiger charge is -1.93. The number of nitro benzene ring substituents is 1. The third-order valence-electron chi connectivity index (χ3n) is 2.07. The third-order valence-corrected chi connectivity index (χ3v) is 2.69. The van der Waals surface area contributed by atoms with E-state index in [1.807, 2.05) is 6.07 Å². The minimum absolute atomic E-state index is 0.104. The van der Waals surface area contributed by atoms with Gasteiger partial charge in [-0.2, -0.15) is 0 Å². The Bertz CT molecular complexity index is 553. The van der Waals surface area contributed by atoms with Gasteiger partial charge in [-0.05, 0) is 19.1 Å². The zero-order valence-corrected chi connectivity index (χ0v) is 11.2. The second kappa shape index (κ2) is 6.75. The Balaban J connectivity index is 0.000000280. The van der Waals surface area contributed by atoms with Crippen molar-refractivity contribution in [3.8, 4) is 0 Å². The Kier molecular flexibility index (Phi) is 5.31.